The van der Waals surface area contributed by atoms with Gasteiger partial charge in [0.15, 0.2) is 0 Å². The highest BCUT2D eigenvalue weighted by Gasteiger charge is 2.15. The van der Waals surface area contributed by atoms with Crippen molar-refractivity contribution in [3.05, 3.63) is 82.5 Å². The summed E-state index contributed by atoms with van der Waals surface area (Å²) in [7, 11) is 0. The number of amides is 1. The molecule has 4 rings (SSSR count). The molecule has 4 aromatic rings. The molecule has 0 spiro atoms. The van der Waals surface area contributed by atoms with Gasteiger partial charge in [0, 0.05) is 41.3 Å². The number of aryl methyl sites for hydroxylation is 1. The summed E-state index contributed by atoms with van der Waals surface area (Å²) in [6, 6.07) is 11.5. The van der Waals surface area contributed by atoms with Crippen LogP contribution in [0.3, 0.4) is 0 Å². The highest BCUT2D eigenvalue weighted by molar-refractivity contribution is 7.16. The fourth-order valence-electron chi connectivity index (χ4n) is 3.04. The van der Waals surface area contributed by atoms with E-state index in [1.165, 1.54) is 12.1 Å². The number of carbonyl (C=O) groups excluding carboxylic acids is 1. The molecule has 156 valence electrons. The van der Waals surface area contributed by atoms with Crippen LogP contribution in [0.4, 0.5) is 4.39 Å². The van der Waals surface area contributed by atoms with Crippen molar-refractivity contribution in [1.29, 1.82) is 0 Å². The minimum absolute atomic E-state index is 0.179. The summed E-state index contributed by atoms with van der Waals surface area (Å²) < 4.78 is 13.4. The lowest BCUT2D eigenvalue weighted by Crippen LogP contribution is -2.22. The van der Waals surface area contributed by atoms with Crippen LogP contribution in [-0.2, 0) is 13.2 Å². The number of aliphatic hydroxyl groups is 1. The lowest BCUT2D eigenvalue weighted by molar-refractivity contribution is 0.0949. The Labute approximate surface area is 181 Å². The third kappa shape index (κ3) is 4.79. The molecule has 9 heteroatoms. The summed E-state index contributed by atoms with van der Waals surface area (Å²) in [5.74, 6) is -0.768. The van der Waals surface area contributed by atoms with Crippen molar-refractivity contribution >= 4 is 17.2 Å². The molecule has 0 aliphatic heterocycles. The largest absolute Gasteiger partial charge is 0.392 e. The first-order chi connectivity index (χ1) is 15.0. The summed E-state index contributed by atoms with van der Waals surface area (Å²) in [6.07, 6.45) is 3.35. The number of carbonyl (C=O) groups is 1. The third-order valence-electron chi connectivity index (χ3n) is 4.51. The van der Waals surface area contributed by atoms with Gasteiger partial charge in [0.2, 0.25) is 5.01 Å². The Kier molecular flexibility index (Phi) is 6.06. The van der Waals surface area contributed by atoms with Gasteiger partial charge in [-0.25, -0.2) is 4.39 Å². The molecule has 0 aliphatic carbocycles. The van der Waals surface area contributed by atoms with Gasteiger partial charge in [-0.15, -0.1) is 10.2 Å². The van der Waals surface area contributed by atoms with E-state index in [0.29, 0.717) is 21.8 Å². The van der Waals surface area contributed by atoms with Gasteiger partial charge < -0.3 is 10.4 Å². The number of rotatable bonds is 6. The van der Waals surface area contributed by atoms with Crippen LogP contribution in [0, 0.1) is 12.7 Å². The molecule has 2 N–H and O–H groups in total. The SMILES string of the molecule is Cc1cc(-c2ncc(CNC(=O)c3nnc(-c4cccc(F)c4)s3)cc2CO)ccn1. The van der Waals surface area contributed by atoms with Crippen LogP contribution in [0.25, 0.3) is 21.8 Å². The highest BCUT2D eigenvalue weighted by atomic mass is 32.1. The molecule has 3 aromatic heterocycles. The average molecular weight is 435 g/mol. The van der Waals surface area contributed by atoms with E-state index in [9.17, 15) is 14.3 Å². The van der Waals surface area contributed by atoms with Gasteiger partial charge in [0.1, 0.15) is 10.8 Å². The average Bonchev–Trinajstić information content (AvgIpc) is 3.28. The molecule has 1 aromatic carbocycles. The van der Waals surface area contributed by atoms with Crippen molar-refractivity contribution in [3.63, 3.8) is 0 Å². The maximum absolute atomic E-state index is 13.4. The molecular formula is C22H18FN5O2S. The quantitative estimate of drug-likeness (QED) is 0.481. The van der Waals surface area contributed by atoms with Crippen LogP contribution >= 0.6 is 11.3 Å². The summed E-state index contributed by atoms with van der Waals surface area (Å²) >= 11 is 1.08. The first kappa shape index (κ1) is 20.7. The Hall–Kier alpha value is -3.56. The van der Waals surface area contributed by atoms with Crippen LogP contribution in [-0.4, -0.2) is 31.2 Å². The Bertz CT molecular complexity index is 1240. The molecule has 3 heterocycles. The Morgan fingerprint density at radius 1 is 1.13 bits per heavy atom. The molecule has 31 heavy (non-hydrogen) atoms. The summed E-state index contributed by atoms with van der Waals surface area (Å²) in [6.45, 7) is 1.92. The predicted octanol–water partition coefficient (Wildman–Crippen LogP) is 3.53. The van der Waals surface area contributed by atoms with E-state index >= 15 is 0 Å². The molecule has 1 amide bonds. The molecule has 0 fully saturated rings. The van der Waals surface area contributed by atoms with Crippen LogP contribution in [0.15, 0.2) is 54.9 Å². The van der Waals surface area contributed by atoms with E-state index in [-0.39, 0.29) is 29.9 Å². The lowest BCUT2D eigenvalue weighted by Gasteiger charge is -2.10. The number of halogens is 1. The van der Waals surface area contributed by atoms with E-state index in [2.05, 4.69) is 25.5 Å². The molecule has 0 bridgehead atoms. The van der Waals surface area contributed by atoms with Crippen molar-refractivity contribution in [1.82, 2.24) is 25.5 Å². The Balaban J connectivity index is 1.46. The van der Waals surface area contributed by atoms with Crippen molar-refractivity contribution < 1.29 is 14.3 Å². The number of benzene rings is 1. The molecule has 0 saturated carbocycles. The molecule has 0 atom stereocenters. The first-order valence-electron chi connectivity index (χ1n) is 9.43. The van der Waals surface area contributed by atoms with E-state index in [1.807, 2.05) is 19.1 Å². The first-order valence-corrected chi connectivity index (χ1v) is 10.2. The van der Waals surface area contributed by atoms with Gasteiger partial charge in [-0.1, -0.05) is 23.5 Å². The maximum Gasteiger partial charge on any atom is 0.282 e. The van der Waals surface area contributed by atoms with Crippen LogP contribution in [0.2, 0.25) is 0 Å². The number of aliphatic hydroxyl groups excluding tert-OH is 1. The summed E-state index contributed by atoms with van der Waals surface area (Å²) in [5, 5.41) is 21.1. The van der Waals surface area contributed by atoms with Crippen molar-refractivity contribution in [2.24, 2.45) is 0 Å². The third-order valence-corrected chi connectivity index (χ3v) is 5.48. The number of aromatic nitrogens is 4. The van der Waals surface area contributed by atoms with Gasteiger partial charge in [0.05, 0.1) is 12.3 Å². The molecule has 0 aliphatic rings. The van der Waals surface area contributed by atoms with Crippen LogP contribution in [0.1, 0.15) is 26.6 Å². The number of hydrogen-bond acceptors (Lipinski definition) is 7. The standard InChI is InChI=1S/C22H18FN5O2S/c1-13-7-15(5-6-24-13)19-17(12-29)8-14(10-25-19)11-26-20(30)22-28-27-21(31-22)16-3-2-4-18(23)9-16/h2-10,29H,11-12H2,1H3,(H,26,30). The second kappa shape index (κ2) is 9.07. The smallest absolute Gasteiger partial charge is 0.282 e. The number of hydrogen-bond donors (Lipinski definition) is 2. The zero-order chi connectivity index (χ0) is 21.8. The second-order valence-corrected chi connectivity index (χ2v) is 7.78. The zero-order valence-electron chi connectivity index (χ0n) is 16.5. The van der Waals surface area contributed by atoms with Crippen LogP contribution < -0.4 is 5.32 Å². The normalized spacial score (nSPS) is 10.8. The minimum Gasteiger partial charge on any atom is -0.392 e. The number of nitrogens with one attached hydrogen (secondary N) is 1. The van der Waals surface area contributed by atoms with Crippen molar-refractivity contribution in [2.75, 3.05) is 0 Å². The Morgan fingerprint density at radius 2 is 2.00 bits per heavy atom. The van der Waals surface area contributed by atoms with Gasteiger partial charge in [-0.3, -0.25) is 14.8 Å². The van der Waals surface area contributed by atoms with Crippen LogP contribution in [0.5, 0.6) is 0 Å². The van der Waals surface area contributed by atoms with E-state index in [4.69, 9.17) is 0 Å². The predicted molar refractivity (Wildman–Crippen MR) is 115 cm³/mol. The fraction of sp³-hybridized carbons (Fsp3) is 0.136. The van der Waals surface area contributed by atoms with Gasteiger partial charge >= 0.3 is 0 Å². The number of nitrogens with zero attached hydrogens (tertiary/aromatic N) is 4. The minimum atomic E-state index is -0.389. The highest BCUT2D eigenvalue weighted by Crippen LogP contribution is 2.25. The monoisotopic (exact) mass is 435 g/mol. The lowest BCUT2D eigenvalue weighted by atomic mass is 10.0. The van der Waals surface area contributed by atoms with E-state index in [0.717, 1.165) is 28.2 Å². The van der Waals surface area contributed by atoms with Gasteiger partial charge in [-0.05, 0) is 42.8 Å². The Morgan fingerprint density at radius 3 is 2.77 bits per heavy atom. The zero-order valence-corrected chi connectivity index (χ0v) is 17.4. The van der Waals surface area contributed by atoms with Crippen molar-refractivity contribution in [3.8, 4) is 21.8 Å². The van der Waals surface area contributed by atoms with Gasteiger partial charge in [-0.2, -0.15) is 0 Å². The summed E-state index contributed by atoms with van der Waals surface area (Å²) in [5.41, 5.74) is 4.35. The number of pyridine rings is 2. The molecule has 7 nitrogen and oxygen atoms in total. The summed E-state index contributed by atoms with van der Waals surface area (Å²) in [4.78, 5) is 21.1. The fourth-order valence-corrected chi connectivity index (χ4v) is 3.80. The molecule has 0 radical (unpaired) electrons. The van der Waals surface area contributed by atoms with E-state index < -0.39 is 0 Å². The molecule has 0 saturated heterocycles. The molecule has 0 unspecified atom stereocenters. The topological polar surface area (TPSA) is 101 Å². The van der Waals surface area contributed by atoms with E-state index in [1.54, 1.807) is 30.6 Å². The van der Waals surface area contributed by atoms with Gasteiger partial charge in [0.25, 0.3) is 5.91 Å². The maximum atomic E-state index is 13.4. The molecular weight excluding hydrogens is 417 g/mol. The van der Waals surface area contributed by atoms with Crippen molar-refractivity contribution in [2.45, 2.75) is 20.1 Å². The second-order valence-electron chi connectivity index (χ2n) is 6.80.